The van der Waals surface area contributed by atoms with E-state index in [2.05, 4.69) is 21.9 Å². The van der Waals surface area contributed by atoms with Crippen LogP contribution in [0.5, 0.6) is 5.75 Å². The fourth-order valence-electron chi connectivity index (χ4n) is 10.8. The molecule has 0 radical (unpaired) electrons. The molecule has 1 aromatic carbocycles. The van der Waals surface area contributed by atoms with E-state index < -0.39 is 0 Å². The Balaban J connectivity index is 1.16. The Kier molecular flexibility index (Phi) is 4.69. The third kappa shape index (κ3) is 2.77. The van der Waals surface area contributed by atoms with E-state index in [1.165, 1.54) is 56.2 Å². The number of hydrogen-bond donors (Lipinski definition) is 1. The Morgan fingerprint density at radius 1 is 1.00 bits per heavy atom. The van der Waals surface area contributed by atoms with Gasteiger partial charge in [-0.15, -0.1) is 0 Å². The number of carbonyl (C=O) groups excluding carboxylic acids is 2. The number of hydrogen-bond acceptors (Lipinski definition) is 4. The molecule has 7 aliphatic rings. The van der Waals surface area contributed by atoms with Crippen LogP contribution in [0.4, 0.5) is 4.79 Å². The number of rotatable bonds is 1. The van der Waals surface area contributed by atoms with Crippen LogP contribution in [0.15, 0.2) is 18.2 Å². The van der Waals surface area contributed by atoms with E-state index >= 15 is 0 Å². The second kappa shape index (κ2) is 7.64. The number of phenolic OH excluding ortho intramolecular Hbond substituents is 1. The molecule has 4 aliphatic carbocycles. The molecule has 5 unspecified atom stereocenters. The SMILES string of the molecule is CC(=O)N1CCN(C(=O)N2C[C@H]3CC45CCC2C3C42CCN(C3CCC3)C5Cc3ccc(O)cc32)CC1. The molecule has 6 fully saturated rings. The van der Waals surface area contributed by atoms with Crippen LogP contribution in [0.3, 0.4) is 0 Å². The van der Waals surface area contributed by atoms with Gasteiger partial charge in [0, 0.05) is 63.2 Å². The van der Waals surface area contributed by atoms with Crippen LogP contribution in [0.1, 0.15) is 63.0 Å². The van der Waals surface area contributed by atoms with Crippen LogP contribution in [0.2, 0.25) is 0 Å². The minimum atomic E-state index is 0.0835. The monoisotopic (exact) mass is 504 g/mol. The summed E-state index contributed by atoms with van der Waals surface area (Å²) in [5, 5.41) is 10.7. The van der Waals surface area contributed by atoms with Gasteiger partial charge in [-0.1, -0.05) is 12.5 Å². The van der Waals surface area contributed by atoms with Crippen molar-refractivity contribution in [3.05, 3.63) is 29.3 Å². The molecule has 0 aromatic heterocycles. The first-order valence-corrected chi connectivity index (χ1v) is 14.8. The molecule has 7 heteroatoms. The molecule has 3 amide bonds. The third-order valence-corrected chi connectivity index (χ3v) is 12.3. The fourth-order valence-corrected chi connectivity index (χ4v) is 10.8. The molecule has 3 aliphatic heterocycles. The van der Waals surface area contributed by atoms with E-state index in [4.69, 9.17) is 0 Å². The first-order chi connectivity index (χ1) is 17.9. The van der Waals surface area contributed by atoms with Crippen molar-refractivity contribution in [2.45, 2.75) is 81.8 Å². The van der Waals surface area contributed by atoms with Gasteiger partial charge in [0.1, 0.15) is 5.75 Å². The summed E-state index contributed by atoms with van der Waals surface area (Å²) >= 11 is 0. The quantitative estimate of drug-likeness (QED) is 0.638. The van der Waals surface area contributed by atoms with Crippen LogP contribution >= 0.6 is 0 Å². The molecule has 198 valence electrons. The number of carbonyl (C=O) groups is 2. The van der Waals surface area contributed by atoms with E-state index in [0.717, 1.165) is 25.4 Å². The lowest BCUT2D eigenvalue weighted by Crippen LogP contribution is -2.71. The van der Waals surface area contributed by atoms with Gasteiger partial charge in [0.05, 0.1) is 0 Å². The van der Waals surface area contributed by atoms with E-state index in [9.17, 15) is 14.7 Å². The predicted molar refractivity (Wildman–Crippen MR) is 139 cm³/mol. The number of aromatic hydroxyl groups is 1. The van der Waals surface area contributed by atoms with Crippen molar-refractivity contribution < 1.29 is 14.7 Å². The van der Waals surface area contributed by atoms with Gasteiger partial charge >= 0.3 is 6.03 Å². The Morgan fingerprint density at radius 3 is 2.51 bits per heavy atom. The topological polar surface area (TPSA) is 67.3 Å². The fraction of sp³-hybridized carbons (Fsp3) is 0.733. The Bertz CT molecular complexity index is 1160. The third-order valence-electron chi connectivity index (χ3n) is 12.3. The molecule has 0 spiro atoms. The highest BCUT2D eigenvalue weighted by Crippen LogP contribution is 2.75. The maximum atomic E-state index is 13.9. The van der Waals surface area contributed by atoms with Crippen molar-refractivity contribution in [2.24, 2.45) is 17.3 Å². The van der Waals surface area contributed by atoms with Crippen molar-refractivity contribution in [3.63, 3.8) is 0 Å². The molecule has 1 aromatic rings. The van der Waals surface area contributed by atoms with Gasteiger partial charge in [-0.25, -0.2) is 4.79 Å². The van der Waals surface area contributed by atoms with Gasteiger partial charge < -0.3 is 19.8 Å². The molecular formula is C30H40N4O3. The van der Waals surface area contributed by atoms with Crippen LogP contribution in [-0.4, -0.2) is 94.0 Å². The largest absolute Gasteiger partial charge is 0.508 e. The zero-order chi connectivity index (χ0) is 25.1. The average molecular weight is 505 g/mol. The number of benzene rings is 1. The molecule has 37 heavy (non-hydrogen) atoms. The number of amides is 3. The maximum Gasteiger partial charge on any atom is 0.320 e. The standard InChI is InChI=1S/C30H40N4O3/c1-19(35)31-11-13-32(14-12-31)28(37)34-18-21-17-29-8-7-25(34)27(21)30(29)9-10-33(22-3-2-4-22)26(29)15-20-5-6-23(36)16-24(20)30/h5-6,16,21-22,25-27,36H,2-4,7-15,17-18H2,1H3/t21-,25?,26?,27?,29?,30?/m1/s1. The summed E-state index contributed by atoms with van der Waals surface area (Å²) in [6, 6.07) is 8.09. The van der Waals surface area contributed by atoms with E-state index in [-0.39, 0.29) is 22.8 Å². The summed E-state index contributed by atoms with van der Waals surface area (Å²) in [6.07, 6.45) is 9.95. The lowest BCUT2D eigenvalue weighted by atomic mass is 9.43. The molecule has 6 atom stereocenters. The molecule has 4 bridgehead atoms. The summed E-state index contributed by atoms with van der Waals surface area (Å²) in [5.74, 6) is 1.55. The lowest BCUT2D eigenvalue weighted by molar-refractivity contribution is -0.130. The normalized spacial score (nSPS) is 40.3. The minimum Gasteiger partial charge on any atom is -0.508 e. The van der Waals surface area contributed by atoms with Crippen molar-refractivity contribution in [3.8, 4) is 5.75 Å². The highest BCUT2D eigenvalue weighted by molar-refractivity contribution is 5.77. The van der Waals surface area contributed by atoms with Crippen LogP contribution in [-0.2, 0) is 16.6 Å². The average Bonchev–Trinajstić information content (AvgIpc) is 3.31. The van der Waals surface area contributed by atoms with Crippen molar-refractivity contribution in [1.82, 2.24) is 19.6 Å². The van der Waals surface area contributed by atoms with E-state index in [0.29, 0.717) is 55.8 Å². The smallest absolute Gasteiger partial charge is 0.320 e. The number of likely N-dealkylation sites (tertiary alicyclic amines) is 2. The molecule has 3 heterocycles. The number of fused-ring (bicyclic) bond motifs is 1. The molecule has 1 N–H and O–H groups in total. The summed E-state index contributed by atoms with van der Waals surface area (Å²) in [7, 11) is 0. The predicted octanol–water partition coefficient (Wildman–Crippen LogP) is 3.20. The van der Waals surface area contributed by atoms with Crippen LogP contribution in [0.25, 0.3) is 0 Å². The van der Waals surface area contributed by atoms with Gasteiger partial charge in [0.2, 0.25) is 5.91 Å². The highest BCUT2D eigenvalue weighted by atomic mass is 16.3. The number of phenols is 1. The Hall–Kier alpha value is -2.28. The zero-order valence-corrected chi connectivity index (χ0v) is 22.1. The zero-order valence-electron chi connectivity index (χ0n) is 22.1. The van der Waals surface area contributed by atoms with Crippen molar-refractivity contribution >= 4 is 11.9 Å². The van der Waals surface area contributed by atoms with Crippen LogP contribution < -0.4 is 0 Å². The second-order valence-electron chi connectivity index (χ2n) is 13.3. The molecule has 8 rings (SSSR count). The summed E-state index contributed by atoms with van der Waals surface area (Å²) in [5.41, 5.74) is 3.25. The molecular weight excluding hydrogens is 464 g/mol. The van der Waals surface area contributed by atoms with Crippen molar-refractivity contribution in [1.29, 1.82) is 0 Å². The van der Waals surface area contributed by atoms with Gasteiger partial charge in [0.15, 0.2) is 0 Å². The maximum absolute atomic E-state index is 13.9. The van der Waals surface area contributed by atoms with Gasteiger partial charge in [-0.3, -0.25) is 9.69 Å². The summed E-state index contributed by atoms with van der Waals surface area (Å²) in [4.78, 5) is 34.8. The summed E-state index contributed by atoms with van der Waals surface area (Å²) < 4.78 is 0. The second-order valence-corrected chi connectivity index (χ2v) is 13.3. The van der Waals surface area contributed by atoms with Gasteiger partial charge in [-0.05, 0) is 92.0 Å². The Morgan fingerprint density at radius 2 is 1.78 bits per heavy atom. The highest BCUT2D eigenvalue weighted by Gasteiger charge is 2.76. The number of piperazine rings is 1. The number of piperidine rings is 1. The molecule has 7 nitrogen and oxygen atoms in total. The van der Waals surface area contributed by atoms with E-state index in [1.54, 1.807) is 6.92 Å². The van der Waals surface area contributed by atoms with Gasteiger partial charge in [-0.2, -0.15) is 0 Å². The first-order valence-electron chi connectivity index (χ1n) is 14.8. The number of urea groups is 1. The molecule has 3 saturated carbocycles. The molecule has 3 saturated heterocycles. The lowest BCUT2D eigenvalue weighted by Gasteiger charge is -2.68. The number of nitrogens with zero attached hydrogens (tertiary/aromatic N) is 4. The minimum absolute atomic E-state index is 0.0835. The summed E-state index contributed by atoms with van der Waals surface area (Å²) in [6.45, 7) is 6.24. The Labute approximate surface area is 219 Å². The van der Waals surface area contributed by atoms with Crippen LogP contribution in [0, 0.1) is 17.3 Å². The van der Waals surface area contributed by atoms with E-state index in [1.807, 2.05) is 15.9 Å². The van der Waals surface area contributed by atoms with Gasteiger partial charge in [0.25, 0.3) is 0 Å². The first kappa shape index (κ1) is 22.7. The van der Waals surface area contributed by atoms with Crippen molar-refractivity contribution in [2.75, 3.05) is 39.3 Å².